The molecule has 2 aliphatic rings. The van der Waals surface area contributed by atoms with Gasteiger partial charge in [0.05, 0.1) is 24.4 Å². The molecule has 1 aromatic carbocycles. The van der Waals surface area contributed by atoms with Crippen LogP contribution in [0.15, 0.2) is 24.3 Å². The second-order valence-corrected chi connectivity index (χ2v) is 7.97. The number of fused-ring (bicyclic) bond motifs is 1. The number of hydrogen-bond donors (Lipinski definition) is 0. The third kappa shape index (κ3) is 3.61. The SMILES string of the molecule is Cc1nc2c(c(N3C[C@@H](C)O[C@H](C)C3)n1)CN(C(=O)c1ccccc1C)CC2. The van der Waals surface area contributed by atoms with Crippen molar-refractivity contribution < 1.29 is 9.53 Å². The number of carbonyl (C=O) groups excluding carboxylic acids is 1. The first kappa shape index (κ1) is 18.9. The Bertz CT molecular complexity index is 888. The maximum absolute atomic E-state index is 13.1. The maximum Gasteiger partial charge on any atom is 0.254 e. The van der Waals surface area contributed by atoms with E-state index >= 15 is 0 Å². The van der Waals surface area contributed by atoms with Crippen molar-refractivity contribution in [2.45, 2.75) is 52.9 Å². The quantitative estimate of drug-likeness (QED) is 0.802. The largest absolute Gasteiger partial charge is 0.372 e. The number of amides is 1. The van der Waals surface area contributed by atoms with Crippen molar-refractivity contribution in [1.29, 1.82) is 0 Å². The molecule has 148 valence electrons. The summed E-state index contributed by atoms with van der Waals surface area (Å²) < 4.78 is 5.89. The third-order valence-electron chi connectivity index (χ3n) is 5.53. The molecule has 1 aromatic heterocycles. The lowest BCUT2D eigenvalue weighted by Crippen LogP contribution is -2.47. The van der Waals surface area contributed by atoms with Crippen molar-refractivity contribution in [1.82, 2.24) is 14.9 Å². The van der Waals surface area contributed by atoms with E-state index in [4.69, 9.17) is 9.72 Å². The highest BCUT2D eigenvalue weighted by Crippen LogP contribution is 2.29. The van der Waals surface area contributed by atoms with Crippen LogP contribution in [0.2, 0.25) is 0 Å². The number of benzene rings is 1. The Balaban J connectivity index is 1.66. The summed E-state index contributed by atoms with van der Waals surface area (Å²) in [5.74, 6) is 1.84. The summed E-state index contributed by atoms with van der Waals surface area (Å²) in [5.41, 5.74) is 3.94. The van der Waals surface area contributed by atoms with Gasteiger partial charge in [0.2, 0.25) is 0 Å². The summed E-state index contributed by atoms with van der Waals surface area (Å²) in [6, 6.07) is 7.78. The van der Waals surface area contributed by atoms with Gasteiger partial charge < -0.3 is 14.5 Å². The number of carbonyl (C=O) groups is 1. The third-order valence-corrected chi connectivity index (χ3v) is 5.53. The van der Waals surface area contributed by atoms with Crippen molar-refractivity contribution in [2.75, 3.05) is 24.5 Å². The minimum Gasteiger partial charge on any atom is -0.372 e. The van der Waals surface area contributed by atoms with E-state index in [0.29, 0.717) is 13.1 Å². The number of rotatable bonds is 2. The molecule has 1 amide bonds. The Morgan fingerprint density at radius 3 is 2.54 bits per heavy atom. The van der Waals surface area contributed by atoms with E-state index < -0.39 is 0 Å². The number of morpholine rings is 1. The van der Waals surface area contributed by atoms with Crippen molar-refractivity contribution in [3.63, 3.8) is 0 Å². The zero-order valence-corrected chi connectivity index (χ0v) is 17.1. The first-order chi connectivity index (χ1) is 13.4. The Morgan fingerprint density at radius 1 is 1.11 bits per heavy atom. The number of aryl methyl sites for hydroxylation is 2. The van der Waals surface area contributed by atoms with Gasteiger partial charge in [0.25, 0.3) is 5.91 Å². The van der Waals surface area contributed by atoms with E-state index in [1.807, 2.05) is 43.0 Å². The number of hydrogen-bond acceptors (Lipinski definition) is 5. The van der Waals surface area contributed by atoms with Crippen LogP contribution in [0, 0.1) is 13.8 Å². The lowest BCUT2D eigenvalue weighted by atomic mass is 10.0. The van der Waals surface area contributed by atoms with Crippen molar-refractivity contribution in [2.24, 2.45) is 0 Å². The van der Waals surface area contributed by atoms with Gasteiger partial charge >= 0.3 is 0 Å². The van der Waals surface area contributed by atoms with Crippen LogP contribution in [0.25, 0.3) is 0 Å². The van der Waals surface area contributed by atoms with Crippen LogP contribution in [0.1, 0.15) is 46.9 Å². The molecule has 0 saturated carbocycles. The zero-order chi connectivity index (χ0) is 19.8. The fourth-order valence-electron chi connectivity index (χ4n) is 4.29. The Kier molecular flexibility index (Phi) is 5.06. The molecule has 2 aliphatic heterocycles. The molecule has 0 N–H and O–H groups in total. The van der Waals surface area contributed by atoms with E-state index in [0.717, 1.165) is 53.5 Å². The number of anilines is 1. The van der Waals surface area contributed by atoms with Gasteiger partial charge in [0.15, 0.2) is 0 Å². The summed E-state index contributed by atoms with van der Waals surface area (Å²) in [4.78, 5) is 26.8. The Labute approximate surface area is 166 Å². The maximum atomic E-state index is 13.1. The molecule has 0 aliphatic carbocycles. The molecule has 6 nitrogen and oxygen atoms in total. The van der Waals surface area contributed by atoms with E-state index in [-0.39, 0.29) is 18.1 Å². The van der Waals surface area contributed by atoms with Gasteiger partial charge in [0.1, 0.15) is 11.6 Å². The van der Waals surface area contributed by atoms with Crippen molar-refractivity contribution in [3.8, 4) is 0 Å². The van der Waals surface area contributed by atoms with Crippen LogP contribution in [0.5, 0.6) is 0 Å². The van der Waals surface area contributed by atoms with Crippen LogP contribution >= 0.6 is 0 Å². The average molecular weight is 380 g/mol. The normalized spacial score (nSPS) is 22.1. The van der Waals surface area contributed by atoms with Gasteiger partial charge in [-0.1, -0.05) is 18.2 Å². The summed E-state index contributed by atoms with van der Waals surface area (Å²) in [6.07, 6.45) is 1.07. The first-order valence-corrected chi connectivity index (χ1v) is 10.0. The molecule has 1 fully saturated rings. The van der Waals surface area contributed by atoms with Gasteiger partial charge in [0, 0.05) is 37.2 Å². The van der Waals surface area contributed by atoms with E-state index in [2.05, 4.69) is 23.7 Å². The van der Waals surface area contributed by atoms with Crippen molar-refractivity contribution >= 4 is 11.7 Å². The molecule has 1 saturated heterocycles. The average Bonchev–Trinajstić information content (AvgIpc) is 2.66. The number of ether oxygens (including phenoxy) is 1. The van der Waals surface area contributed by atoms with Crippen molar-refractivity contribution in [3.05, 3.63) is 52.5 Å². The highest BCUT2D eigenvalue weighted by atomic mass is 16.5. The van der Waals surface area contributed by atoms with Gasteiger partial charge in [-0.15, -0.1) is 0 Å². The smallest absolute Gasteiger partial charge is 0.254 e. The first-order valence-electron chi connectivity index (χ1n) is 10.0. The van der Waals surface area contributed by atoms with E-state index in [1.165, 1.54) is 0 Å². The fraction of sp³-hybridized carbons (Fsp3) is 0.500. The topological polar surface area (TPSA) is 58.6 Å². The molecule has 2 atom stereocenters. The summed E-state index contributed by atoms with van der Waals surface area (Å²) in [6.45, 7) is 11.0. The van der Waals surface area contributed by atoms with Gasteiger partial charge in [-0.25, -0.2) is 9.97 Å². The predicted octanol–water partition coefficient (Wildman–Crippen LogP) is 2.91. The van der Waals surface area contributed by atoms with Gasteiger partial charge in [-0.2, -0.15) is 0 Å². The number of nitrogens with zero attached hydrogens (tertiary/aromatic N) is 4. The predicted molar refractivity (Wildman–Crippen MR) is 109 cm³/mol. The minimum atomic E-state index is 0.0824. The van der Waals surface area contributed by atoms with Gasteiger partial charge in [-0.05, 0) is 39.3 Å². The lowest BCUT2D eigenvalue weighted by Gasteiger charge is -2.39. The zero-order valence-electron chi connectivity index (χ0n) is 17.1. The molecule has 0 bridgehead atoms. The molecule has 28 heavy (non-hydrogen) atoms. The van der Waals surface area contributed by atoms with E-state index in [1.54, 1.807) is 0 Å². The summed E-state index contributed by atoms with van der Waals surface area (Å²) in [7, 11) is 0. The van der Waals surface area contributed by atoms with Crippen LogP contribution in [0.4, 0.5) is 5.82 Å². The van der Waals surface area contributed by atoms with Crippen LogP contribution in [-0.2, 0) is 17.7 Å². The molecular weight excluding hydrogens is 352 g/mol. The Hall–Kier alpha value is -2.47. The highest BCUT2D eigenvalue weighted by molar-refractivity contribution is 5.95. The molecule has 0 unspecified atom stereocenters. The van der Waals surface area contributed by atoms with Crippen LogP contribution in [0.3, 0.4) is 0 Å². The molecule has 0 spiro atoms. The minimum absolute atomic E-state index is 0.0824. The summed E-state index contributed by atoms with van der Waals surface area (Å²) in [5, 5.41) is 0. The molecular formula is C22H28N4O2. The monoisotopic (exact) mass is 380 g/mol. The molecule has 3 heterocycles. The fourth-order valence-corrected chi connectivity index (χ4v) is 4.29. The lowest BCUT2D eigenvalue weighted by molar-refractivity contribution is -0.00560. The molecule has 4 rings (SSSR count). The molecule has 0 radical (unpaired) electrons. The highest BCUT2D eigenvalue weighted by Gasteiger charge is 2.31. The molecule has 2 aromatic rings. The molecule has 6 heteroatoms. The second-order valence-electron chi connectivity index (χ2n) is 7.97. The number of aromatic nitrogens is 2. The van der Waals surface area contributed by atoms with Gasteiger partial charge in [-0.3, -0.25) is 4.79 Å². The van der Waals surface area contributed by atoms with Crippen LogP contribution in [-0.4, -0.2) is 52.6 Å². The Morgan fingerprint density at radius 2 is 1.82 bits per heavy atom. The standard InChI is InChI=1S/C22H28N4O2/c1-14-7-5-6-8-18(14)22(27)25-10-9-20-19(13-25)21(24-17(4)23-20)26-11-15(2)28-16(3)12-26/h5-8,15-16H,9-13H2,1-4H3/t15-,16-/m1/s1. The second kappa shape index (κ2) is 7.51. The summed E-state index contributed by atoms with van der Waals surface area (Å²) >= 11 is 0. The van der Waals surface area contributed by atoms with Crippen LogP contribution < -0.4 is 4.90 Å². The van der Waals surface area contributed by atoms with E-state index in [9.17, 15) is 4.79 Å².